The van der Waals surface area contributed by atoms with Gasteiger partial charge in [0.15, 0.2) is 28.8 Å². The summed E-state index contributed by atoms with van der Waals surface area (Å²) in [5.41, 5.74) is -0.520. The molecule has 4 nitrogen and oxygen atoms in total. The number of aromatic hydroxyl groups is 1. The molecule has 0 atom stereocenters. The van der Waals surface area contributed by atoms with Crippen LogP contribution in [0.5, 0.6) is 17.2 Å². The zero-order valence-electron chi connectivity index (χ0n) is 19.1. The first-order chi connectivity index (χ1) is 15.8. The van der Waals surface area contributed by atoms with Crippen LogP contribution in [0, 0.1) is 29.3 Å². The topological polar surface area (TPSA) is 55.8 Å². The van der Waals surface area contributed by atoms with Crippen molar-refractivity contribution in [2.24, 2.45) is 11.8 Å². The molecule has 7 heteroatoms. The molecule has 0 heterocycles. The van der Waals surface area contributed by atoms with E-state index in [9.17, 15) is 23.1 Å². The Morgan fingerprint density at radius 3 is 2.21 bits per heavy atom. The Labute approximate surface area is 192 Å². The molecule has 2 aromatic carbocycles. The third-order valence-corrected chi connectivity index (χ3v) is 6.30. The summed E-state index contributed by atoms with van der Waals surface area (Å²) in [6.45, 7) is 4.34. The van der Waals surface area contributed by atoms with Gasteiger partial charge >= 0.3 is 0 Å². The van der Waals surface area contributed by atoms with E-state index in [4.69, 9.17) is 9.47 Å². The van der Waals surface area contributed by atoms with E-state index in [1.165, 1.54) is 37.1 Å². The average Bonchev–Trinajstić information content (AvgIpc) is 2.81. The maximum absolute atomic E-state index is 14.6. The van der Waals surface area contributed by atoms with Crippen molar-refractivity contribution in [3.63, 3.8) is 0 Å². The molecular weight excluding hydrogens is 433 g/mol. The van der Waals surface area contributed by atoms with E-state index in [-0.39, 0.29) is 29.2 Å². The Morgan fingerprint density at radius 2 is 1.55 bits per heavy atom. The first-order valence-corrected chi connectivity index (χ1v) is 11.6. The molecule has 2 aromatic rings. The van der Waals surface area contributed by atoms with Crippen molar-refractivity contribution in [1.29, 1.82) is 0 Å². The van der Waals surface area contributed by atoms with Gasteiger partial charge in [0.05, 0.1) is 18.8 Å². The van der Waals surface area contributed by atoms with Gasteiger partial charge in [-0.05, 0) is 55.4 Å². The van der Waals surface area contributed by atoms with E-state index in [1.54, 1.807) is 6.92 Å². The van der Waals surface area contributed by atoms with Crippen LogP contribution in [-0.4, -0.2) is 24.1 Å². The predicted molar refractivity (Wildman–Crippen MR) is 119 cm³/mol. The van der Waals surface area contributed by atoms with Crippen LogP contribution in [0.1, 0.15) is 68.3 Å². The summed E-state index contributed by atoms with van der Waals surface area (Å²) in [5.74, 6) is -4.33. The van der Waals surface area contributed by atoms with Crippen LogP contribution in [0.2, 0.25) is 0 Å². The molecule has 1 saturated carbocycles. The molecular formula is C26H31F3O4. The Hall–Kier alpha value is -2.70. The molecule has 1 fully saturated rings. The molecule has 33 heavy (non-hydrogen) atoms. The fraction of sp³-hybridized carbons (Fsp3) is 0.500. The van der Waals surface area contributed by atoms with Crippen molar-refractivity contribution in [3.8, 4) is 17.2 Å². The van der Waals surface area contributed by atoms with E-state index in [0.717, 1.165) is 31.6 Å². The third kappa shape index (κ3) is 6.01. The Balaban J connectivity index is 1.63. The highest BCUT2D eigenvalue weighted by Gasteiger charge is 2.24. The van der Waals surface area contributed by atoms with Crippen LogP contribution in [0.4, 0.5) is 13.2 Å². The first-order valence-electron chi connectivity index (χ1n) is 11.6. The number of ether oxygens (including phenoxy) is 2. The van der Waals surface area contributed by atoms with Gasteiger partial charge in [0.2, 0.25) is 11.6 Å². The number of hydrogen-bond donors (Lipinski definition) is 1. The van der Waals surface area contributed by atoms with Crippen LogP contribution >= 0.6 is 0 Å². The molecule has 1 N–H and O–H groups in total. The maximum Gasteiger partial charge on any atom is 0.207 e. The van der Waals surface area contributed by atoms with E-state index in [2.05, 4.69) is 6.92 Å². The zero-order valence-corrected chi connectivity index (χ0v) is 19.1. The van der Waals surface area contributed by atoms with E-state index in [1.807, 2.05) is 0 Å². The standard InChI is InChI=1S/C26H31F3O4/c1-3-5-16-6-8-17(9-7-16)15-33-21-12-10-18(23(27)24(21)28)14-20(30)19-11-13-22(32-4-2)25(29)26(19)31/h10-13,16-17,31H,3-9,14-15H2,1-2H3. The van der Waals surface area contributed by atoms with E-state index in [0.29, 0.717) is 12.5 Å². The second kappa shape index (κ2) is 11.4. The summed E-state index contributed by atoms with van der Waals surface area (Å²) in [6, 6.07) is 5.01. The fourth-order valence-electron chi connectivity index (χ4n) is 4.43. The van der Waals surface area contributed by atoms with Crippen LogP contribution in [0.25, 0.3) is 0 Å². The van der Waals surface area contributed by atoms with Gasteiger partial charge in [-0.1, -0.05) is 38.7 Å². The lowest BCUT2D eigenvalue weighted by molar-refractivity contribution is 0.0988. The minimum absolute atomic E-state index is 0.183. The van der Waals surface area contributed by atoms with Gasteiger partial charge in [0, 0.05) is 6.42 Å². The van der Waals surface area contributed by atoms with Crippen molar-refractivity contribution in [2.45, 2.75) is 58.8 Å². The minimum Gasteiger partial charge on any atom is -0.504 e. The van der Waals surface area contributed by atoms with Crippen LogP contribution in [-0.2, 0) is 6.42 Å². The summed E-state index contributed by atoms with van der Waals surface area (Å²) >= 11 is 0. The second-order valence-electron chi connectivity index (χ2n) is 8.64. The molecule has 1 aliphatic carbocycles. The monoisotopic (exact) mass is 464 g/mol. The number of Topliss-reactive ketones (excluding diaryl/α,β-unsaturated/α-hetero) is 1. The number of hydrogen-bond acceptors (Lipinski definition) is 4. The van der Waals surface area contributed by atoms with Crippen LogP contribution in [0.3, 0.4) is 0 Å². The van der Waals surface area contributed by atoms with Crippen molar-refractivity contribution >= 4 is 5.78 Å². The third-order valence-electron chi connectivity index (χ3n) is 6.30. The zero-order chi connectivity index (χ0) is 24.0. The van der Waals surface area contributed by atoms with Gasteiger partial charge in [-0.25, -0.2) is 4.39 Å². The molecule has 3 rings (SSSR count). The summed E-state index contributed by atoms with van der Waals surface area (Å²) in [7, 11) is 0. The van der Waals surface area contributed by atoms with Crippen molar-refractivity contribution < 1.29 is 32.5 Å². The maximum atomic E-state index is 14.6. The molecule has 0 radical (unpaired) electrons. The molecule has 0 aromatic heterocycles. The highest BCUT2D eigenvalue weighted by atomic mass is 19.2. The Bertz CT molecular complexity index is 968. The van der Waals surface area contributed by atoms with Crippen molar-refractivity contribution in [1.82, 2.24) is 0 Å². The molecule has 0 aliphatic heterocycles. The van der Waals surface area contributed by atoms with Crippen molar-refractivity contribution in [2.75, 3.05) is 13.2 Å². The molecule has 0 unspecified atom stereocenters. The number of rotatable bonds is 10. The molecule has 0 spiro atoms. The SMILES string of the molecule is CCCC1CCC(COc2ccc(CC(=O)c3ccc(OCC)c(F)c3O)c(F)c2F)CC1. The fourth-order valence-corrected chi connectivity index (χ4v) is 4.43. The molecule has 0 saturated heterocycles. The van der Waals surface area contributed by atoms with Gasteiger partial charge < -0.3 is 14.6 Å². The number of phenolic OH excluding ortho intramolecular Hbond substituents is 1. The number of benzene rings is 2. The largest absolute Gasteiger partial charge is 0.504 e. The van der Waals surface area contributed by atoms with Gasteiger partial charge in [0.25, 0.3) is 0 Å². The van der Waals surface area contributed by atoms with Crippen LogP contribution < -0.4 is 9.47 Å². The first kappa shape index (κ1) is 24.9. The summed E-state index contributed by atoms with van der Waals surface area (Å²) in [4.78, 5) is 12.5. The lowest BCUT2D eigenvalue weighted by atomic mass is 9.80. The number of carbonyl (C=O) groups excluding carboxylic acids is 1. The quantitative estimate of drug-likeness (QED) is 0.402. The molecule has 180 valence electrons. The lowest BCUT2D eigenvalue weighted by Crippen LogP contribution is -2.20. The number of ketones is 1. The average molecular weight is 465 g/mol. The minimum atomic E-state index is -1.18. The Morgan fingerprint density at radius 1 is 0.909 bits per heavy atom. The summed E-state index contributed by atoms with van der Waals surface area (Å²) in [5, 5.41) is 10.00. The summed E-state index contributed by atoms with van der Waals surface area (Å²) < 4.78 is 54.0. The van der Waals surface area contributed by atoms with Gasteiger partial charge in [-0.3, -0.25) is 4.79 Å². The second-order valence-corrected chi connectivity index (χ2v) is 8.64. The highest BCUT2D eigenvalue weighted by Crippen LogP contribution is 2.33. The van der Waals surface area contributed by atoms with Crippen LogP contribution in [0.15, 0.2) is 24.3 Å². The molecule has 1 aliphatic rings. The molecule has 0 bridgehead atoms. The molecule has 0 amide bonds. The number of halogens is 3. The number of carbonyl (C=O) groups is 1. The van der Waals surface area contributed by atoms with E-state index >= 15 is 0 Å². The smallest absolute Gasteiger partial charge is 0.207 e. The van der Waals surface area contributed by atoms with Gasteiger partial charge in [-0.15, -0.1) is 0 Å². The number of phenols is 1. The van der Waals surface area contributed by atoms with Gasteiger partial charge in [0.1, 0.15) is 0 Å². The van der Waals surface area contributed by atoms with E-state index < -0.39 is 35.4 Å². The lowest BCUT2D eigenvalue weighted by Gasteiger charge is -2.28. The van der Waals surface area contributed by atoms with Crippen molar-refractivity contribution in [3.05, 3.63) is 52.8 Å². The summed E-state index contributed by atoms with van der Waals surface area (Å²) in [6.07, 6.45) is 6.18. The Kier molecular flexibility index (Phi) is 8.64. The van der Waals surface area contributed by atoms with Gasteiger partial charge in [-0.2, -0.15) is 8.78 Å². The normalized spacial score (nSPS) is 18.2. The highest BCUT2D eigenvalue weighted by molar-refractivity contribution is 6.00. The predicted octanol–water partition coefficient (Wildman–Crippen LogP) is 6.62.